The van der Waals surface area contributed by atoms with Crippen LogP contribution in [-0.2, 0) is 0 Å². The fourth-order valence-electron chi connectivity index (χ4n) is 0.900. The highest BCUT2D eigenvalue weighted by Crippen LogP contribution is 2.25. The van der Waals surface area contributed by atoms with E-state index in [1.807, 2.05) is 6.07 Å². The molecule has 74 valence electrons. The van der Waals surface area contributed by atoms with Crippen molar-refractivity contribution in [1.82, 2.24) is 4.98 Å². The maximum absolute atomic E-state index is 8.71. The predicted molar refractivity (Wildman–Crippen MR) is 55.8 cm³/mol. The zero-order valence-electron chi connectivity index (χ0n) is 7.60. The van der Waals surface area contributed by atoms with Gasteiger partial charge in [-0.3, -0.25) is 0 Å². The Morgan fingerprint density at radius 2 is 2.43 bits per heavy atom. The zero-order chi connectivity index (χ0) is 10.4. The molecule has 0 saturated carbocycles. The van der Waals surface area contributed by atoms with Gasteiger partial charge in [0.25, 0.3) is 0 Å². The molecule has 14 heavy (non-hydrogen) atoms. The largest absolute Gasteiger partial charge is 0.396 e. The van der Waals surface area contributed by atoms with Crippen molar-refractivity contribution in [2.24, 2.45) is 0 Å². The molecule has 0 spiro atoms. The topological polar surface area (TPSA) is 82.9 Å². The van der Waals surface area contributed by atoms with Gasteiger partial charge in [0.2, 0.25) is 0 Å². The number of aliphatic hydroxyl groups excluding tert-OH is 1. The molecule has 0 bridgehead atoms. The van der Waals surface area contributed by atoms with Crippen LogP contribution in [0.4, 0.5) is 5.69 Å². The molecule has 1 aromatic rings. The van der Waals surface area contributed by atoms with Gasteiger partial charge in [-0.2, -0.15) is 5.26 Å². The summed E-state index contributed by atoms with van der Waals surface area (Å²) in [5, 5.41) is 18.0. The van der Waals surface area contributed by atoms with Crippen molar-refractivity contribution in [2.75, 3.05) is 18.1 Å². The molecule has 1 rings (SSSR count). The first-order valence-electron chi connectivity index (χ1n) is 4.18. The van der Waals surface area contributed by atoms with Gasteiger partial charge in [-0.05, 0) is 12.5 Å². The molecule has 4 nitrogen and oxygen atoms in total. The molecular weight excluding hydrogens is 198 g/mol. The van der Waals surface area contributed by atoms with E-state index in [0.29, 0.717) is 22.7 Å². The van der Waals surface area contributed by atoms with Crippen LogP contribution < -0.4 is 5.73 Å². The van der Waals surface area contributed by atoms with Crippen molar-refractivity contribution in [3.63, 3.8) is 0 Å². The van der Waals surface area contributed by atoms with Crippen LogP contribution in [0.25, 0.3) is 0 Å². The molecule has 0 unspecified atom stereocenters. The molecule has 1 aromatic heterocycles. The molecular formula is C9H11N3OS. The molecule has 0 radical (unpaired) electrons. The lowest BCUT2D eigenvalue weighted by Gasteiger charge is -2.04. The van der Waals surface area contributed by atoms with E-state index in [0.717, 1.165) is 5.75 Å². The second-order valence-corrected chi connectivity index (χ2v) is 3.70. The summed E-state index contributed by atoms with van der Waals surface area (Å²) < 4.78 is 0. The summed E-state index contributed by atoms with van der Waals surface area (Å²) in [6.45, 7) is 0.158. The maximum atomic E-state index is 8.71. The minimum Gasteiger partial charge on any atom is -0.396 e. The van der Waals surface area contributed by atoms with E-state index < -0.39 is 0 Å². The van der Waals surface area contributed by atoms with Crippen molar-refractivity contribution in [3.05, 3.63) is 17.8 Å². The van der Waals surface area contributed by atoms with Gasteiger partial charge in [-0.15, -0.1) is 11.8 Å². The lowest BCUT2D eigenvalue weighted by Crippen LogP contribution is -1.96. The Hall–Kier alpha value is -1.25. The van der Waals surface area contributed by atoms with Crippen molar-refractivity contribution >= 4 is 17.4 Å². The quantitative estimate of drug-likeness (QED) is 0.571. The van der Waals surface area contributed by atoms with Gasteiger partial charge in [0.1, 0.15) is 11.1 Å². The number of pyridine rings is 1. The highest BCUT2D eigenvalue weighted by molar-refractivity contribution is 7.99. The first-order chi connectivity index (χ1) is 6.79. The fourth-order valence-corrected chi connectivity index (χ4v) is 1.77. The molecule has 0 fully saturated rings. The Kier molecular flexibility index (Phi) is 4.23. The number of hydrogen-bond donors (Lipinski definition) is 2. The number of aromatic nitrogens is 1. The highest BCUT2D eigenvalue weighted by Gasteiger charge is 2.05. The minimum absolute atomic E-state index is 0.158. The molecule has 1 heterocycles. The molecule has 5 heteroatoms. The van der Waals surface area contributed by atoms with Crippen LogP contribution in [-0.4, -0.2) is 22.5 Å². The predicted octanol–water partition coefficient (Wildman–Crippen LogP) is 1.01. The lowest BCUT2D eigenvalue weighted by atomic mass is 10.2. The van der Waals surface area contributed by atoms with Crippen LogP contribution in [0.3, 0.4) is 0 Å². The Bertz CT molecular complexity index is 348. The van der Waals surface area contributed by atoms with Crippen LogP contribution in [0.15, 0.2) is 17.3 Å². The van der Waals surface area contributed by atoms with Crippen molar-refractivity contribution in [3.8, 4) is 6.07 Å². The zero-order valence-corrected chi connectivity index (χ0v) is 8.42. The van der Waals surface area contributed by atoms with E-state index in [1.54, 1.807) is 12.3 Å². The van der Waals surface area contributed by atoms with E-state index in [4.69, 9.17) is 16.1 Å². The summed E-state index contributed by atoms with van der Waals surface area (Å²) in [5.74, 6) is 0.753. The summed E-state index contributed by atoms with van der Waals surface area (Å²) in [6.07, 6.45) is 2.26. The first-order valence-corrected chi connectivity index (χ1v) is 5.16. The first kappa shape index (κ1) is 10.8. The molecule has 3 N–H and O–H groups in total. The van der Waals surface area contributed by atoms with E-state index in [-0.39, 0.29) is 6.61 Å². The molecule has 0 saturated heterocycles. The number of thioether (sulfide) groups is 1. The van der Waals surface area contributed by atoms with Crippen LogP contribution >= 0.6 is 11.8 Å². The molecule has 0 aliphatic carbocycles. The van der Waals surface area contributed by atoms with E-state index in [9.17, 15) is 0 Å². The van der Waals surface area contributed by atoms with Crippen molar-refractivity contribution in [2.45, 2.75) is 11.4 Å². The summed E-state index contributed by atoms with van der Waals surface area (Å²) in [7, 11) is 0. The lowest BCUT2D eigenvalue weighted by molar-refractivity contribution is 0.296. The Morgan fingerprint density at radius 1 is 1.64 bits per heavy atom. The standard InChI is InChI=1S/C9H11N3OS/c10-6-7-2-3-12-9(8(7)11)14-5-1-4-13/h2-3,13H,1,4-5,11H2. The van der Waals surface area contributed by atoms with E-state index in [2.05, 4.69) is 4.98 Å². The number of anilines is 1. The third kappa shape index (κ3) is 2.62. The molecule has 0 atom stereocenters. The van der Waals surface area contributed by atoms with Gasteiger partial charge in [0, 0.05) is 18.6 Å². The fraction of sp³-hybridized carbons (Fsp3) is 0.333. The summed E-state index contributed by atoms with van der Waals surface area (Å²) >= 11 is 1.45. The number of nitrogen functional groups attached to an aromatic ring is 1. The average Bonchev–Trinajstić information content (AvgIpc) is 2.21. The molecule has 0 amide bonds. The van der Waals surface area contributed by atoms with Crippen LogP contribution in [0.2, 0.25) is 0 Å². The normalized spacial score (nSPS) is 9.71. The monoisotopic (exact) mass is 209 g/mol. The second kappa shape index (κ2) is 5.47. The Morgan fingerprint density at radius 3 is 3.07 bits per heavy atom. The number of nitrogens with zero attached hydrogens (tertiary/aromatic N) is 2. The number of nitrogens with two attached hydrogens (primary N) is 1. The van der Waals surface area contributed by atoms with E-state index in [1.165, 1.54) is 11.8 Å². The molecule has 0 aromatic carbocycles. The number of nitriles is 1. The van der Waals surface area contributed by atoms with Gasteiger partial charge in [0.05, 0.1) is 11.3 Å². The minimum atomic E-state index is 0.158. The van der Waals surface area contributed by atoms with Gasteiger partial charge in [0.15, 0.2) is 0 Å². The SMILES string of the molecule is N#Cc1ccnc(SCCCO)c1N. The number of rotatable bonds is 4. The van der Waals surface area contributed by atoms with Gasteiger partial charge < -0.3 is 10.8 Å². The second-order valence-electron chi connectivity index (χ2n) is 2.61. The average molecular weight is 209 g/mol. The van der Waals surface area contributed by atoms with Gasteiger partial charge in [-0.1, -0.05) is 0 Å². The third-order valence-corrected chi connectivity index (χ3v) is 2.71. The summed E-state index contributed by atoms with van der Waals surface area (Å²) in [4.78, 5) is 4.06. The highest BCUT2D eigenvalue weighted by atomic mass is 32.2. The van der Waals surface area contributed by atoms with Crippen molar-refractivity contribution in [1.29, 1.82) is 5.26 Å². The van der Waals surface area contributed by atoms with Crippen molar-refractivity contribution < 1.29 is 5.11 Å². The van der Waals surface area contributed by atoms with Crippen LogP contribution in [0.1, 0.15) is 12.0 Å². The van der Waals surface area contributed by atoms with Crippen LogP contribution in [0.5, 0.6) is 0 Å². The van der Waals surface area contributed by atoms with Crippen LogP contribution in [0, 0.1) is 11.3 Å². The van der Waals surface area contributed by atoms with E-state index >= 15 is 0 Å². The summed E-state index contributed by atoms with van der Waals surface area (Å²) in [5.41, 5.74) is 6.59. The number of aliphatic hydroxyl groups is 1. The maximum Gasteiger partial charge on any atom is 0.120 e. The van der Waals surface area contributed by atoms with Gasteiger partial charge in [-0.25, -0.2) is 4.98 Å². The smallest absolute Gasteiger partial charge is 0.120 e. The summed E-state index contributed by atoms with van der Waals surface area (Å²) in [6, 6.07) is 3.59. The Balaban J connectivity index is 2.73. The number of hydrogen-bond acceptors (Lipinski definition) is 5. The molecule has 0 aliphatic rings. The van der Waals surface area contributed by atoms with Gasteiger partial charge >= 0.3 is 0 Å². The molecule has 0 aliphatic heterocycles. The third-order valence-electron chi connectivity index (χ3n) is 1.62. The Labute approximate surface area is 86.8 Å².